The number of aromatic nitrogens is 1. The maximum absolute atomic E-state index is 10.9. The minimum absolute atomic E-state index is 0.0791. The van der Waals surface area contributed by atoms with Gasteiger partial charge in [-0.2, -0.15) is 0 Å². The van der Waals surface area contributed by atoms with Crippen LogP contribution in [0.25, 0.3) is 10.9 Å². The number of aromatic amines is 1. The molecule has 2 rings (SSSR count). The molecule has 1 aromatic carbocycles. The third-order valence-electron chi connectivity index (χ3n) is 2.85. The summed E-state index contributed by atoms with van der Waals surface area (Å²) in [6.45, 7) is 0.411. The number of aliphatic carboxylic acids is 1. The zero-order valence-electron chi connectivity index (χ0n) is 9.64. The molecule has 0 spiro atoms. The Morgan fingerprint density at radius 3 is 2.94 bits per heavy atom. The van der Waals surface area contributed by atoms with Gasteiger partial charge in [0, 0.05) is 30.1 Å². The number of hydrogen-bond donors (Lipinski definition) is 2. The van der Waals surface area contributed by atoms with Crippen molar-refractivity contribution in [3.63, 3.8) is 0 Å². The van der Waals surface area contributed by atoms with Crippen LogP contribution >= 0.6 is 0 Å². The molecule has 0 radical (unpaired) electrons. The summed E-state index contributed by atoms with van der Waals surface area (Å²) in [6, 6.07) is 7.87. The van der Waals surface area contributed by atoms with Crippen LogP contribution in [0.15, 0.2) is 30.5 Å². The minimum Gasteiger partial charge on any atom is -0.481 e. The van der Waals surface area contributed by atoms with Crippen LogP contribution in [-0.4, -0.2) is 29.8 Å². The molecule has 90 valence electrons. The van der Waals surface area contributed by atoms with Gasteiger partial charge >= 0.3 is 5.97 Å². The number of benzene rings is 1. The lowest BCUT2D eigenvalue weighted by atomic mass is 9.96. The highest BCUT2D eigenvalue weighted by atomic mass is 16.5. The van der Waals surface area contributed by atoms with Crippen molar-refractivity contribution < 1.29 is 14.6 Å². The maximum atomic E-state index is 10.9. The third-order valence-corrected chi connectivity index (χ3v) is 2.85. The first-order chi connectivity index (χ1) is 8.22. The van der Waals surface area contributed by atoms with E-state index in [0.29, 0.717) is 6.61 Å². The van der Waals surface area contributed by atoms with Crippen molar-refractivity contribution in [1.82, 2.24) is 4.98 Å². The molecule has 0 aliphatic heterocycles. The lowest BCUT2D eigenvalue weighted by Gasteiger charge is -2.12. The fraction of sp³-hybridized carbons (Fsp3) is 0.308. The standard InChI is InChI=1S/C13H15NO3/c1-17-8-9(6-13(15)16)11-7-14-12-5-3-2-4-10(11)12/h2-5,7,9,14H,6,8H2,1H3,(H,15,16). The van der Waals surface area contributed by atoms with Crippen molar-refractivity contribution in [1.29, 1.82) is 0 Å². The predicted octanol–water partition coefficient (Wildman–Crippen LogP) is 2.37. The van der Waals surface area contributed by atoms with Gasteiger partial charge < -0.3 is 14.8 Å². The average molecular weight is 233 g/mol. The molecular formula is C13H15NO3. The number of rotatable bonds is 5. The van der Waals surface area contributed by atoms with E-state index < -0.39 is 5.97 Å². The Labute approximate surface area is 99.2 Å². The molecule has 1 atom stereocenters. The molecule has 2 N–H and O–H groups in total. The van der Waals surface area contributed by atoms with Crippen molar-refractivity contribution in [3.8, 4) is 0 Å². The van der Waals surface area contributed by atoms with Gasteiger partial charge in [-0.25, -0.2) is 0 Å². The lowest BCUT2D eigenvalue weighted by Crippen LogP contribution is -2.11. The summed E-state index contributed by atoms with van der Waals surface area (Å²) in [5.74, 6) is -0.925. The number of ether oxygens (including phenoxy) is 1. The Kier molecular flexibility index (Phi) is 3.44. The fourth-order valence-electron chi connectivity index (χ4n) is 2.10. The van der Waals surface area contributed by atoms with E-state index in [1.165, 1.54) is 0 Å². The molecule has 0 saturated carbocycles. The SMILES string of the molecule is COCC(CC(=O)O)c1c[nH]c2ccccc12. The van der Waals surface area contributed by atoms with Crippen LogP contribution < -0.4 is 0 Å². The molecule has 0 aliphatic carbocycles. The van der Waals surface area contributed by atoms with Crippen LogP contribution in [0.4, 0.5) is 0 Å². The van der Waals surface area contributed by atoms with Gasteiger partial charge in [0.25, 0.3) is 0 Å². The average Bonchev–Trinajstić information content (AvgIpc) is 2.71. The van der Waals surface area contributed by atoms with Crippen molar-refractivity contribution >= 4 is 16.9 Å². The normalized spacial score (nSPS) is 12.8. The molecule has 0 bridgehead atoms. The first-order valence-corrected chi connectivity index (χ1v) is 5.49. The zero-order chi connectivity index (χ0) is 12.3. The lowest BCUT2D eigenvalue weighted by molar-refractivity contribution is -0.137. The summed E-state index contributed by atoms with van der Waals surface area (Å²) in [4.78, 5) is 14.0. The number of nitrogens with one attached hydrogen (secondary N) is 1. The van der Waals surface area contributed by atoms with Crippen LogP contribution in [0, 0.1) is 0 Å². The number of carboxylic acids is 1. The van der Waals surface area contributed by atoms with Gasteiger partial charge in [-0.3, -0.25) is 4.79 Å². The monoisotopic (exact) mass is 233 g/mol. The minimum atomic E-state index is -0.808. The van der Waals surface area contributed by atoms with Crippen molar-refractivity contribution in [2.24, 2.45) is 0 Å². The van der Waals surface area contributed by atoms with E-state index in [1.54, 1.807) is 7.11 Å². The molecule has 0 amide bonds. The van der Waals surface area contributed by atoms with Crippen LogP contribution in [0.1, 0.15) is 17.9 Å². The predicted molar refractivity (Wildman–Crippen MR) is 65.2 cm³/mol. The molecule has 4 nitrogen and oxygen atoms in total. The summed E-state index contributed by atoms with van der Waals surface area (Å²) in [5, 5.41) is 9.98. The third kappa shape index (κ3) is 2.47. The zero-order valence-corrected chi connectivity index (χ0v) is 9.64. The number of carboxylic acid groups (broad SMARTS) is 1. The van der Waals surface area contributed by atoms with Crippen LogP contribution in [0.5, 0.6) is 0 Å². The van der Waals surface area contributed by atoms with Crippen LogP contribution in [-0.2, 0) is 9.53 Å². The molecule has 0 fully saturated rings. The van der Waals surface area contributed by atoms with Crippen LogP contribution in [0.2, 0.25) is 0 Å². The van der Waals surface area contributed by atoms with Gasteiger partial charge in [0.1, 0.15) is 0 Å². The highest BCUT2D eigenvalue weighted by Gasteiger charge is 2.18. The number of carbonyl (C=O) groups is 1. The van der Waals surface area contributed by atoms with Crippen molar-refractivity contribution in [2.75, 3.05) is 13.7 Å². The fourth-order valence-corrected chi connectivity index (χ4v) is 2.10. The second kappa shape index (κ2) is 5.01. The van der Waals surface area contributed by atoms with E-state index in [-0.39, 0.29) is 12.3 Å². The Hall–Kier alpha value is -1.81. The van der Waals surface area contributed by atoms with E-state index in [2.05, 4.69) is 4.98 Å². The van der Waals surface area contributed by atoms with Gasteiger partial charge in [0.05, 0.1) is 13.0 Å². The Balaban J connectivity index is 2.37. The molecular weight excluding hydrogens is 218 g/mol. The van der Waals surface area contributed by atoms with E-state index in [9.17, 15) is 4.79 Å². The Morgan fingerprint density at radius 1 is 1.47 bits per heavy atom. The van der Waals surface area contributed by atoms with Gasteiger partial charge in [0.2, 0.25) is 0 Å². The number of methoxy groups -OCH3 is 1. The first kappa shape index (κ1) is 11.7. The molecule has 1 unspecified atom stereocenters. The quantitative estimate of drug-likeness (QED) is 0.833. The van der Waals surface area contributed by atoms with E-state index in [1.807, 2.05) is 30.5 Å². The molecule has 1 aromatic heterocycles. The number of fused-ring (bicyclic) bond motifs is 1. The van der Waals surface area contributed by atoms with E-state index in [4.69, 9.17) is 9.84 Å². The van der Waals surface area contributed by atoms with Crippen molar-refractivity contribution in [3.05, 3.63) is 36.0 Å². The highest BCUT2D eigenvalue weighted by molar-refractivity contribution is 5.84. The Bertz CT molecular complexity index is 518. The van der Waals surface area contributed by atoms with Gasteiger partial charge in [-0.1, -0.05) is 18.2 Å². The maximum Gasteiger partial charge on any atom is 0.304 e. The summed E-state index contributed by atoms with van der Waals surface area (Å²) >= 11 is 0. The molecule has 4 heteroatoms. The first-order valence-electron chi connectivity index (χ1n) is 5.49. The topological polar surface area (TPSA) is 62.3 Å². The molecule has 0 saturated heterocycles. The second-order valence-corrected chi connectivity index (χ2v) is 4.04. The molecule has 0 aliphatic rings. The smallest absolute Gasteiger partial charge is 0.304 e. The number of para-hydroxylation sites is 1. The second-order valence-electron chi connectivity index (χ2n) is 4.04. The molecule has 1 heterocycles. The van der Waals surface area contributed by atoms with E-state index in [0.717, 1.165) is 16.5 Å². The van der Waals surface area contributed by atoms with Crippen LogP contribution in [0.3, 0.4) is 0 Å². The molecule has 17 heavy (non-hydrogen) atoms. The molecule has 2 aromatic rings. The van der Waals surface area contributed by atoms with Gasteiger partial charge in [-0.05, 0) is 11.6 Å². The highest BCUT2D eigenvalue weighted by Crippen LogP contribution is 2.28. The largest absolute Gasteiger partial charge is 0.481 e. The summed E-state index contributed by atoms with van der Waals surface area (Å²) in [5.41, 5.74) is 2.03. The summed E-state index contributed by atoms with van der Waals surface area (Å²) < 4.78 is 5.10. The van der Waals surface area contributed by atoms with Gasteiger partial charge in [0.15, 0.2) is 0 Å². The Morgan fingerprint density at radius 2 is 2.24 bits per heavy atom. The number of H-pyrrole nitrogens is 1. The summed E-state index contributed by atoms with van der Waals surface area (Å²) in [6.07, 6.45) is 1.95. The number of hydrogen-bond acceptors (Lipinski definition) is 2. The van der Waals surface area contributed by atoms with Crippen molar-refractivity contribution in [2.45, 2.75) is 12.3 Å². The summed E-state index contributed by atoms with van der Waals surface area (Å²) in [7, 11) is 1.59. The van der Waals surface area contributed by atoms with Gasteiger partial charge in [-0.15, -0.1) is 0 Å². The van der Waals surface area contributed by atoms with E-state index >= 15 is 0 Å².